The Labute approximate surface area is 100 Å². The van der Waals surface area contributed by atoms with Crippen molar-refractivity contribution < 1.29 is 9.84 Å². The first-order valence-corrected chi connectivity index (χ1v) is 6.96. The van der Waals surface area contributed by atoms with E-state index in [2.05, 4.69) is 13.8 Å². The van der Waals surface area contributed by atoms with Crippen LogP contribution in [-0.2, 0) is 4.74 Å². The van der Waals surface area contributed by atoms with Gasteiger partial charge in [0.15, 0.2) is 0 Å². The highest BCUT2D eigenvalue weighted by Gasteiger charge is 2.36. The maximum Gasteiger partial charge on any atom is 0.0497 e. The lowest BCUT2D eigenvalue weighted by Crippen LogP contribution is -2.02. The Hall–Kier alpha value is -0.0800. The van der Waals surface area contributed by atoms with Crippen LogP contribution in [0.25, 0.3) is 0 Å². The van der Waals surface area contributed by atoms with E-state index in [0.717, 1.165) is 25.0 Å². The molecular weight excluding hydrogens is 200 g/mol. The van der Waals surface area contributed by atoms with Crippen LogP contribution in [0.5, 0.6) is 0 Å². The Morgan fingerprint density at radius 1 is 1.31 bits per heavy atom. The van der Waals surface area contributed by atoms with Crippen molar-refractivity contribution in [3.05, 3.63) is 0 Å². The molecule has 0 unspecified atom stereocenters. The highest BCUT2D eigenvalue weighted by atomic mass is 16.5. The quantitative estimate of drug-likeness (QED) is 0.582. The highest BCUT2D eigenvalue weighted by Crippen LogP contribution is 2.42. The molecule has 1 aliphatic rings. The van der Waals surface area contributed by atoms with E-state index >= 15 is 0 Å². The van der Waals surface area contributed by atoms with Crippen LogP contribution in [0.2, 0.25) is 0 Å². The normalized spacial score (nSPS) is 25.7. The maximum atomic E-state index is 8.91. The SMILES string of the molecule is CCCCOC[C@@H]1C[C@@H]1CCC[C@H](C)CO. The van der Waals surface area contributed by atoms with Gasteiger partial charge < -0.3 is 9.84 Å². The lowest BCUT2D eigenvalue weighted by atomic mass is 10.0. The van der Waals surface area contributed by atoms with Crippen molar-refractivity contribution in [3.63, 3.8) is 0 Å². The van der Waals surface area contributed by atoms with Gasteiger partial charge in [-0.2, -0.15) is 0 Å². The summed E-state index contributed by atoms with van der Waals surface area (Å²) in [5.41, 5.74) is 0. The molecule has 0 aromatic heterocycles. The fourth-order valence-corrected chi connectivity index (χ4v) is 2.17. The first-order valence-electron chi connectivity index (χ1n) is 6.96. The first-order chi connectivity index (χ1) is 7.77. The minimum atomic E-state index is 0.341. The molecule has 0 aromatic carbocycles. The summed E-state index contributed by atoms with van der Waals surface area (Å²) in [6, 6.07) is 0. The monoisotopic (exact) mass is 228 g/mol. The van der Waals surface area contributed by atoms with Crippen molar-refractivity contribution in [1.29, 1.82) is 0 Å². The Morgan fingerprint density at radius 2 is 2.12 bits per heavy atom. The molecule has 2 nitrogen and oxygen atoms in total. The third kappa shape index (κ3) is 5.86. The molecule has 0 amide bonds. The number of ether oxygens (including phenoxy) is 1. The Balaban J connectivity index is 1.86. The molecule has 0 radical (unpaired) electrons. The Bertz CT molecular complexity index is 170. The fraction of sp³-hybridized carbons (Fsp3) is 1.00. The van der Waals surface area contributed by atoms with Crippen molar-refractivity contribution in [2.24, 2.45) is 17.8 Å². The average molecular weight is 228 g/mol. The summed E-state index contributed by atoms with van der Waals surface area (Å²) < 4.78 is 5.64. The van der Waals surface area contributed by atoms with Crippen molar-refractivity contribution >= 4 is 0 Å². The molecule has 0 spiro atoms. The summed E-state index contributed by atoms with van der Waals surface area (Å²) in [5, 5.41) is 8.91. The van der Waals surface area contributed by atoms with E-state index in [0.29, 0.717) is 12.5 Å². The van der Waals surface area contributed by atoms with Crippen LogP contribution in [0, 0.1) is 17.8 Å². The molecule has 1 fully saturated rings. The highest BCUT2D eigenvalue weighted by molar-refractivity contribution is 4.85. The zero-order chi connectivity index (χ0) is 11.8. The molecule has 0 bridgehead atoms. The predicted molar refractivity (Wildman–Crippen MR) is 67.4 cm³/mol. The van der Waals surface area contributed by atoms with Crippen LogP contribution >= 0.6 is 0 Å². The van der Waals surface area contributed by atoms with Gasteiger partial charge >= 0.3 is 0 Å². The summed E-state index contributed by atoms with van der Waals surface area (Å²) in [5.74, 6) is 2.26. The number of rotatable bonds is 10. The van der Waals surface area contributed by atoms with Crippen LogP contribution < -0.4 is 0 Å². The van der Waals surface area contributed by atoms with Crippen molar-refractivity contribution in [3.8, 4) is 0 Å². The van der Waals surface area contributed by atoms with Crippen molar-refractivity contribution in [1.82, 2.24) is 0 Å². The number of aliphatic hydroxyl groups excluding tert-OH is 1. The van der Waals surface area contributed by atoms with Gasteiger partial charge in [0.05, 0.1) is 0 Å². The third-order valence-corrected chi connectivity index (χ3v) is 3.63. The second-order valence-electron chi connectivity index (χ2n) is 5.40. The zero-order valence-electron chi connectivity index (χ0n) is 11.0. The third-order valence-electron chi connectivity index (χ3n) is 3.63. The maximum absolute atomic E-state index is 8.91. The van der Waals surface area contributed by atoms with Gasteiger partial charge in [0.1, 0.15) is 0 Å². The van der Waals surface area contributed by atoms with Crippen LogP contribution in [0.3, 0.4) is 0 Å². The van der Waals surface area contributed by atoms with Crippen LogP contribution in [0.15, 0.2) is 0 Å². The molecular formula is C14H28O2. The standard InChI is InChI=1S/C14H28O2/c1-3-4-8-16-11-14-9-13(14)7-5-6-12(2)10-15/h12-15H,3-11H2,1-2H3/t12-,13-,14-/m0/s1. The second-order valence-corrected chi connectivity index (χ2v) is 5.40. The average Bonchev–Trinajstić information content (AvgIpc) is 3.03. The minimum absolute atomic E-state index is 0.341. The van der Waals surface area contributed by atoms with Gasteiger partial charge in [0.25, 0.3) is 0 Å². The summed E-state index contributed by atoms with van der Waals surface area (Å²) in [6.07, 6.45) is 7.60. The van der Waals surface area contributed by atoms with E-state index in [1.165, 1.54) is 38.5 Å². The van der Waals surface area contributed by atoms with Crippen molar-refractivity contribution in [2.45, 2.75) is 52.4 Å². The van der Waals surface area contributed by atoms with Crippen LogP contribution in [0.4, 0.5) is 0 Å². The molecule has 1 saturated carbocycles. The number of aliphatic hydroxyl groups is 1. The summed E-state index contributed by atoms with van der Waals surface area (Å²) in [4.78, 5) is 0. The van der Waals surface area contributed by atoms with E-state index in [-0.39, 0.29) is 0 Å². The first kappa shape index (κ1) is 14.0. The van der Waals surface area contributed by atoms with E-state index in [9.17, 15) is 0 Å². The van der Waals surface area contributed by atoms with Gasteiger partial charge in [-0.1, -0.05) is 33.1 Å². The van der Waals surface area contributed by atoms with Gasteiger partial charge in [-0.05, 0) is 37.0 Å². The largest absolute Gasteiger partial charge is 0.396 e. The second kappa shape index (κ2) is 8.08. The number of unbranched alkanes of at least 4 members (excludes halogenated alkanes) is 1. The molecule has 0 heterocycles. The Kier molecular flexibility index (Phi) is 7.06. The molecule has 1 rings (SSSR count). The summed E-state index contributed by atoms with van der Waals surface area (Å²) >= 11 is 0. The van der Waals surface area contributed by atoms with E-state index < -0.39 is 0 Å². The zero-order valence-corrected chi connectivity index (χ0v) is 11.0. The number of hydrogen-bond acceptors (Lipinski definition) is 2. The molecule has 96 valence electrons. The van der Waals surface area contributed by atoms with Gasteiger partial charge in [0.2, 0.25) is 0 Å². The van der Waals surface area contributed by atoms with E-state index in [4.69, 9.17) is 9.84 Å². The summed E-state index contributed by atoms with van der Waals surface area (Å²) in [7, 11) is 0. The van der Waals surface area contributed by atoms with E-state index in [1.54, 1.807) is 0 Å². The molecule has 0 aromatic rings. The van der Waals surface area contributed by atoms with Crippen molar-refractivity contribution in [2.75, 3.05) is 19.8 Å². The van der Waals surface area contributed by atoms with Gasteiger partial charge in [-0.3, -0.25) is 0 Å². The molecule has 16 heavy (non-hydrogen) atoms. The molecule has 0 saturated heterocycles. The molecule has 1 N–H and O–H groups in total. The fourth-order valence-electron chi connectivity index (χ4n) is 2.17. The predicted octanol–water partition coefficient (Wildman–Crippen LogP) is 3.24. The van der Waals surface area contributed by atoms with Gasteiger partial charge in [0, 0.05) is 19.8 Å². The summed E-state index contributed by atoms with van der Waals surface area (Å²) in [6.45, 7) is 6.60. The number of hydrogen-bond donors (Lipinski definition) is 1. The van der Waals surface area contributed by atoms with Gasteiger partial charge in [-0.15, -0.1) is 0 Å². The smallest absolute Gasteiger partial charge is 0.0497 e. The van der Waals surface area contributed by atoms with Gasteiger partial charge in [-0.25, -0.2) is 0 Å². The lowest BCUT2D eigenvalue weighted by Gasteiger charge is -2.06. The molecule has 0 aliphatic heterocycles. The molecule has 1 aliphatic carbocycles. The lowest BCUT2D eigenvalue weighted by molar-refractivity contribution is 0.117. The Morgan fingerprint density at radius 3 is 2.81 bits per heavy atom. The molecule has 2 heteroatoms. The molecule has 3 atom stereocenters. The van der Waals surface area contributed by atoms with Crippen LogP contribution in [0.1, 0.15) is 52.4 Å². The van der Waals surface area contributed by atoms with E-state index in [1.807, 2.05) is 0 Å². The minimum Gasteiger partial charge on any atom is -0.396 e. The topological polar surface area (TPSA) is 29.5 Å². The van der Waals surface area contributed by atoms with Crippen LogP contribution in [-0.4, -0.2) is 24.9 Å².